The van der Waals surface area contributed by atoms with E-state index < -0.39 is 6.43 Å². The molecule has 1 aromatic carbocycles. The highest BCUT2D eigenvalue weighted by atomic mass is 32.2. The maximum atomic E-state index is 12.7. The molecule has 26 heavy (non-hydrogen) atoms. The number of imidazole rings is 1. The number of alkyl halides is 2. The highest BCUT2D eigenvalue weighted by Gasteiger charge is 2.30. The molecular formula is C18H22F2N4OS. The molecule has 3 heterocycles. The van der Waals surface area contributed by atoms with Gasteiger partial charge in [0.25, 0.3) is 6.43 Å². The van der Waals surface area contributed by atoms with Crippen molar-refractivity contribution in [1.82, 2.24) is 14.9 Å². The molecule has 0 aliphatic carbocycles. The summed E-state index contributed by atoms with van der Waals surface area (Å²) in [5, 5.41) is 2.93. The van der Waals surface area contributed by atoms with Crippen LogP contribution in [0.1, 0.15) is 31.5 Å². The minimum absolute atomic E-state index is 0.00870. The molecule has 2 saturated heterocycles. The summed E-state index contributed by atoms with van der Waals surface area (Å²) < 4.78 is 25.5. The van der Waals surface area contributed by atoms with Gasteiger partial charge in [-0.25, -0.2) is 13.8 Å². The van der Waals surface area contributed by atoms with E-state index in [1.807, 2.05) is 11.8 Å². The fourth-order valence-electron chi connectivity index (χ4n) is 3.79. The fraction of sp³-hybridized carbons (Fsp3) is 0.556. The van der Waals surface area contributed by atoms with E-state index in [0.717, 1.165) is 25.9 Å². The third-order valence-electron chi connectivity index (χ3n) is 5.30. The second-order valence-corrected chi connectivity index (χ2v) is 8.12. The number of halogens is 2. The van der Waals surface area contributed by atoms with Crippen molar-refractivity contribution in [3.63, 3.8) is 0 Å². The predicted octanol–water partition coefficient (Wildman–Crippen LogP) is 3.66. The number of thioether (sulfide) groups is 1. The zero-order valence-corrected chi connectivity index (χ0v) is 15.2. The molecule has 0 radical (unpaired) electrons. The van der Waals surface area contributed by atoms with E-state index in [0.29, 0.717) is 22.8 Å². The molecule has 1 atom stereocenters. The number of nitrogens with zero attached hydrogens (tertiary/aromatic N) is 2. The molecule has 2 N–H and O–H groups in total. The van der Waals surface area contributed by atoms with Gasteiger partial charge in [-0.1, -0.05) is 0 Å². The van der Waals surface area contributed by atoms with Gasteiger partial charge in [0.2, 0.25) is 5.91 Å². The SMILES string of the molecule is O=C(Nc1ccc2nc(C(F)F)[nH]c2c1)C1CCN(C2CCSC2)CC1. The van der Waals surface area contributed by atoms with Gasteiger partial charge >= 0.3 is 0 Å². The number of benzene rings is 1. The Hall–Kier alpha value is -1.67. The number of carbonyl (C=O) groups is 1. The van der Waals surface area contributed by atoms with Crippen LogP contribution in [0.25, 0.3) is 11.0 Å². The molecule has 0 spiro atoms. The smallest absolute Gasteiger partial charge is 0.295 e. The van der Waals surface area contributed by atoms with Gasteiger partial charge in [0.1, 0.15) is 0 Å². The van der Waals surface area contributed by atoms with E-state index in [4.69, 9.17) is 0 Å². The molecule has 0 bridgehead atoms. The summed E-state index contributed by atoms with van der Waals surface area (Å²) in [4.78, 5) is 21.5. The van der Waals surface area contributed by atoms with Crippen molar-refractivity contribution >= 4 is 34.4 Å². The molecule has 2 fully saturated rings. The number of carbonyl (C=O) groups excluding carboxylic acids is 1. The highest BCUT2D eigenvalue weighted by Crippen LogP contribution is 2.28. The lowest BCUT2D eigenvalue weighted by atomic mass is 9.94. The number of aromatic amines is 1. The average molecular weight is 380 g/mol. The van der Waals surface area contributed by atoms with Gasteiger partial charge in [-0.15, -0.1) is 0 Å². The maximum absolute atomic E-state index is 12.7. The maximum Gasteiger partial charge on any atom is 0.295 e. The molecule has 1 amide bonds. The number of hydrogen-bond donors (Lipinski definition) is 2. The van der Waals surface area contributed by atoms with Crippen LogP contribution in [0.2, 0.25) is 0 Å². The first-order chi connectivity index (χ1) is 12.6. The molecule has 5 nitrogen and oxygen atoms in total. The molecule has 8 heteroatoms. The van der Waals surface area contributed by atoms with Crippen molar-refractivity contribution in [3.05, 3.63) is 24.0 Å². The predicted molar refractivity (Wildman–Crippen MR) is 99.7 cm³/mol. The van der Waals surface area contributed by atoms with Crippen LogP contribution < -0.4 is 5.32 Å². The molecular weight excluding hydrogens is 358 g/mol. The van der Waals surface area contributed by atoms with Crippen molar-refractivity contribution in [3.8, 4) is 0 Å². The minimum Gasteiger partial charge on any atom is -0.337 e. The first-order valence-electron chi connectivity index (χ1n) is 9.00. The molecule has 140 valence electrons. The van der Waals surface area contributed by atoms with Crippen molar-refractivity contribution in [2.45, 2.75) is 31.7 Å². The zero-order chi connectivity index (χ0) is 18.1. The minimum atomic E-state index is -2.64. The Morgan fingerprint density at radius 2 is 2.12 bits per heavy atom. The van der Waals surface area contributed by atoms with Gasteiger partial charge in [-0.05, 0) is 56.3 Å². The van der Waals surface area contributed by atoms with Gasteiger partial charge in [0.15, 0.2) is 5.82 Å². The lowest BCUT2D eigenvalue weighted by Crippen LogP contribution is -2.43. The van der Waals surface area contributed by atoms with Gasteiger partial charge in [-0.3, -0.25) is 9.69 Å². The van der Waals surface area contributed by atoms with Crippen molar-refractivity contribution in [1.29, 1.82) is 0 Å². The first kappa shape index (κ1) is 17.7. The molecule has 1 unspecified atom stereocenters. The fourth-order valence-corrected chi connectivity index (χ4v) is 5.05. The zero-order valence-electron chi connectivity index (χ0n) is 14.4. The number of piperidine rings is 1. The largest absolute Gasteiger partial charge is 0.337 e. The number of H-pyrrole nitrogens is 1. The Balaban J connectivity index is 1.36. The van der Waals surface area contributed by atoms with E-state index in [1.54, 1.807) is 18.2 Å². The molecule has 4 rings (SSSR count). The number of amides is 1. The molecule has 2 aromatic rings. The van der Waals surface area contributed by atoms with Gasteiger partial charge < -0.3 is 10.3 Å². The average Bonchev–Trinajstić information content (AvgIpc) is 3.31. The summed E-state index contributed by atoms with van der Waals surface area (Å²) in [6.07, 6.45) is 0.361. The number of rotatable bonds is 4. The van der Waals surface area contributed by atoms with Crippen LogP contribution in [0, 0.1) is 5.92 Å². The second-order valence-electron chi connectivity index (χ2n) is 6.97. The summed E-state index contributed by atoms with van der Waals surface area (Å²) in [5.41, 5.74) is 1.59. The Kier molecular flexibility index (Phi) is 5.13. The molecule has 1 aromatic heterocycles. The Labute approximate surface area is 154 Å². The molecule has 2 aliphatic heterocycles. The van der Waals surface area contributed by atoms with Gasteiger partial charge in [0.05, 0.1) is 11.0 Å². The van der Waals surface area contributed by atoms with Crippen LogP contribution in [-0.4, -0.2) is 51.4 Å². The lowest BCUT2D eigenvalue weighted by Gasteiger charge is -2.35. The second kappa shape index (κ2) is 7.52. The Morgan fingerprint density at radius 3 is 2.81 bits per heavy atom. The normalized spacial score (nSPS) is 22.3. The number of anilines is 1. The van der Waals surface area contributed by atoms with Crippen LogP contribution in [0.3, 0.4) is 0 Å². The van der Waals surface area contributed by atoms with E-state index in [2.05, 4.69) is 20.2 Å². The van der Waals surface area contributed by atoms with E-state index in [9.17, 15) is 13.6 Å². The summed E-state index contributed by atoms with van der Waals surface area (Å²) in [6.45, 7) is 1.95. The van der Waals surface area contributed by atoms with Gasteiger partial charge in [0, 0.05) is 23.4 Å². The summed E-state index contributed by atoms with van der Waals surface area (Å²) in [5.74, 6) is 2.13. The topological polar surface area (TPSA) is 61.0 Å². The Morgan fingerprint density at radius 1 is 1.31 bits per heavy atom. The standard InChI is InChI=1S/C18H22F2N4OS/c19-16(20)17-22-14-2-1-12(9-15(14)23-17)21-18(25)11-3-6-24(7-4-11)13-5-8-26-10-13/h1-2,9,11,13,16H,3-8,10H2,(H,21,25)(H,22,23). The summed E-state index contributed by atoms with van der Waals surface area (Å²) in [6, 6.07) is 5.70. The quantitative estimate of drug-likeness (QED) is 0.850. The van der Waals surface area contributed by atoms with Crippen LogP contribution in [0.5, 0.6) is 0 Å². The van der Waals surface area contributed by atoms with Crippen LogP contribution in [0.4, 0.5) is 14.5 Å². The number of aromatic nitrogens is 2. The lowest BCUT2D eigenvalue weighted by molar-refractivity contribution is -0.121. The van der Waals surface area contributed by atoms with Crippen molar-refractivity contribution < 1.29 is 13.6 Å². The number of nitrogens with one attached hydrogen (secondary N) is 2. The number of hydrogen-bond acceptors (Lipinski definition) is 4. The van der Waals surface area contributed by atoms with Gasteiger partial charge in [-0.2, -0.15) is 11.8 Å². The van der Waals surface area contributed by atoms with Crippen LogP contribution in [-0.2, 0) is 4.79 Å². The summed E-state index contributed by atoms with van der Waals surface area (Å²) >= 11 is 2.01. The third-order valence-corrected chi connectivity index (χ3v) is 6.44. The summed E-state index contributed by atoms with van der Waals surface area (Å²) in [7, 11) is 0. The number of fused-ring (bicyclic) bond motifs is 1. The third kappa shape index (κ3) is 3.71. The molecule has 2 aliphatic rings. The van der Waals surface area contributed by atoms with Crippen molar-refractivity contribution in [2.24, 2.45) is 5.92 Å². The van der Waals surface area contributed by atoms with E-state index in [1.165, 1.54) is 17.9 Å². The van der Waals surface area contributed by atoms with Crippen LogP contribution >= 0.6 is 11.8 Å². The first-order valence-corrected chi connectivity index (χ1v) is 10.2. The monoisotopic (exact) mass is 380 g/mol. The van der Waals surface area contributed by atoms with Crippen molar-refractivity contribution in [2.75, 3.05) is 29.9 Å². The number of likely N-dealkylation sites (tertiary alicyclic amines) is 1. The molecule has 0 saturated carbocycles. The van der Waals surface area contributed by atoms with Crippen LogP contribution in [0.15, 0.2) is 18.2 Å². The van der Waals surface area contributed by atoms with E-state index in [-0.39, 0.29) is 17.6 Å². The Bertz CT molecular complexity index is 783. The van der Waals surface area contributed by atoms with E-state index >= 15 is 0 Å². The highest BCUT2D eigenvalue weighted by molar-refractivity contribution is 7.99.